The molecule has 0 heterocycles. The van der Waals surface area contributed by atoms with Crippen molar-refractivity contribution in [1.29, 1.82) is 0 Å². The maximum absolute atomic E-state index is 11.0. The number of nitrogens with two attached hydrogens (primary N) is 1. The molecule has 3 heteroatoms. The Bertz CT molecular complexity index is 326. The Balaban J connectivity index is 2.42. The number of hydrogen-bond acceptors (Lipinski definition) is 3. The van der Waals surface area contributed by atoms with Crippen molar-refractivity contribution in [2.75, 3.05) is 0 Å². The van der Waals surface area contributed by atoms with Crippen LogP contribution in [0.2, 0.25) is 0 Å². The molecule has 0 fully saturated rings. The number of esters is 1. The first-order valence-electron chi connectivity index (χ1n) is 4.33. The van der Waals surface area contributed by atoms with E-state index < -0.39 is 5.97 Å². The predicted molar refractivity (Wildman–Crippen MR) is 54.2 cm³/mol. The lowest BCUT2D eigenvalue weighted by molar-refractivity contribution is -0.139. The van der Waals surface area contributed by atoms with Gasteiger partial charge in [-0.2, -0.15) is 0 Å². The number of carbonyl (C=O) groups excluding carboxylic acids is 1. The van der Waals surface area contributed by atoms with E-state index in [2.05, 4.69) is 0 Å². The van der Waals surface area contributed by atoms with Gasteiger partial charge in [0.2, 0.25) is 0 Å². The molecule has 0 saturated carbocycles. The molecule has 0 amide bonds. The van der Waals surface area contributed by atoms with E-state index in [0.717, 1.165) is 5.56 Å². The summed E-state index contributed by atoms with van der Waals surface area (Å²) in [5.41, 5.74) is 6.73. The highest BCUT2D eigenvalue weighted by Crippen LogP contribution is 2.00. The van der Waals surface area contributed by atoms with Gasteiger partial charge in [-0.25, -0.2) is 4.79 Å². The van der Waals surface area contributed by atoms with E-state index in [1.165, 1.54) is 6.08 Å². The first kappa shape index (κ1) is 10.3. The van der Waals surface area contributed by atoms with E-state index in [-0.39, 0.29) is 6.61 Å². The Labute approximate surface area is 83.2 Å². The van der Waals surface area contributed by atoms with Gasteiger partial charge in [0.25, 0.3) is 0 Å². The average Bonchev–Trinajstić information content (AvgIpc) is 2.15. The summed E-state index contributed by atoms with van der Waals surface area (Å²) in [6.07, 6.45) is 1.27. The number of rotatable bonds is 3. The van der Waals surface area contributed by atoms with E-state index in [4.69, 9.17) is 10.5 Å². The van der Waals surface area contributed by atoms with Crippen molar-refractivity contribution < 1.29 is 9.53 Å². The highest BCUT2D eigenvalue weighted by atomic mass is 16.5. The van der Waals surface area contributed by atoms with Crippen molar-refractivity contribution in [1.82, 2.24) is 0 Å². The van der Waals surface area contributed by atoms with Gasteiger partial charge < -0.3 is 10.5 Å². The monoisotopic (exact) mass is 191 g/mol. The van der Waals surface area contributed by atoms with Crippen LogP contribution in [0.3, 0.4) is 0 Å². The molecular weight excluding hydrogens is 178 g/mol. The van der Waals surface area contributed by atoms with Gasteiger partial charge >= 0.3 is 5.97 Å². The lowest BCUT2D eigenvalue weighted by Gasteiger charge is -2.01. The topological polar surface area (TPSA) is 52.3 Å². The molecule has 2 N–H and O–H groups in total. The van der Waals surface area contributed by atoms with Crippen LogP contribution in [0.4, 0.5) is 0 Å². The number of benzene rings is 1. The van der Waals surface area contributed by atoms with Crippen LogP contribution in [0.1, 0.15) is 12.5 Å². The Morgan fingerprint density at radius 1 is 1.43 bits per heavy atom. The molecule has 1 aromatic rings. The van der Waals surface area contributed by atoms with Crippen molar-refractivity contribution in [2.24, 2.45) is 5.73 Å². The number of ether oxygens (including phenoxy) is 1. The quantitative estimate of drug-likeness (QED) is 0.583. The molecule has 0 radical (unpaired) electrons. The summed E-state index contributed by atoms with van der Waals surface area (Å²) in [5.74, 6) is -0.408. The molecule has 74 valence electrons. The molecule has 3 nitrogen and oxygen atoms in total. The Kier molecular flexibility index (Phi) is 3.73. The van der Waals surface area contributed by atoms with Gasteiger partial charge in [0.15, 0.2) is 0 Å². The fourth-order valence-electron chi connectivity index (χ4n) is 0.956. The number of allylic oxidation sites excluding steroid dienone is 1. The van der Waals surface area contributed by atoms with Gasteiger partial charge in [0.1, 0.15) is 6.61 Å². The smallest absolute Gasteiger partial charge is 0.332 e. The van der Waals surface area contributed by atoms with E-state index in [1.54, 1.807) is 6.92 Å². The molecule has 0 spiro atoms. The van der Waals surface area contributed by atoms with Gasteiger partial charge in [0, 0.05) is 11.8 Å². The lowest BCUT2D eigenvalue weighted by Crippen LogP contribution is -2.04. The molecule has 14 heavy (non-hydrogen) atoms. The SMILES string of the molecule is C/C(N)=C\C(=O)OCc1ccccc1. The fraction of sp³-hybridized carbons (Fsp3) is 0.182. The van der Waals surface area contributed by atoms with Gasteiger partial charge in [-0.15, -0.1) is 0 Å². The normalized spacial score (nSPS) is 11.1. The highest BCUT2D eigenvalue weighted by Gasteiger charge is 1.98. The fourth-order valence-corrected chi connectivity index (χ4v) is 0.956. The summed E-state index contributed by atoms with van der Waals surface area (Å²) in [6.45, 7) is 1.92. The van der Waals surface area contributed by atoms with Crippen molar-refractivity contribution in [3.8, 4) is 0 Å². The van der Waals surface area contributed by atoms with Crippen molar-refractivity contribution in [3.05, 3.63) is 47.7 Å². The summed E-state index contributed by atoms with van der Waals surface area (Å²) in [6, 6.07) is 9.49. The van der Waals surface area contributed by atoms with E-state index in [9.17, 15) is 4.79 Å². The molecular formula is C11H13NO2. The first-order valence-corrected chi connectivity index (χ1v) is 4.33. The number of hydrogen-bond donors (Lipinski definition) is 1. The average molecular weight is 191 g/mol. The molecule has 0 unspecified atom stereocenters. The molecule has 1 aromatic carbocycles. The highest BCUT2D eigenvalue weighted by molar-refractivity contribution is 5.82. The van der Waals surface area contributed by atoms with Crippen molar-refractivity contribution in [3.63, 3.8) is 0 Å². The summed E-state index contributed by atoms with van der Waals surface area (Å²) in [4.78, 5) is 11.0. The van der Waals surface area contributed by atoms with Crippen LogP contribution in [-0.2, 0) is 16.1 Å². The van der Waals surface area contributed by atoms with Crippen LogP contribution in [0, 0.1) is 0 Å². The molecule has 0 bridgehead atoms. The maximum atomic E-state index is 11.0. The summed E-state index contributed by atoms with van der Waals surface area (Å²) >= 11 is 0. The van der Waals surface area contributed by atoms with E-state index in [0.29, 0.717) is 5.70 Å². The Hall–Kier alpha value is -1.77. The molecule has 0 aliphatic rings. The summed E-state index contributed by atoms with van der Waals surface area (Å²) in [5, 5.41) is 0. The van der Waals surface area contributed by atoms with Gasteiger partial charge in [-0.3, -0.25) is 0 Å². The zero-order chi connectivity index (χ0) is 10.4. The molecule has 0 atom stereocenters. The molecule has 0 aliphatic heterocycles. The molecule has 1 rings (SSSR count). The van der Waals surface area contributed by atoms with E-state index >= 15 is 0 Å². The standard InChI is InChI=1S/C11H13NO2/c1-9(12)7-11(13)14-8-10-5-3-2-4-6-10/h2-7H,8,12H2,1H3/b9-7+. The Morgan fingerprint density at radius 3 is 2.64 bits per heavy atom. The largest absolute Gasteiger partial charge is 0.458 e. The third kappa shape index (κ3) is 3.76. The first-order chi connectivity index (χ1) is 6.68. The zero-order valence-electron chi connectivity index (χ0n) is 8.07. The zero-order valence-corrected chi connectivity index (χ0v) is 8.07. The third-order valence-electron chi connectivity index (χ3n) is 1.57. The van der Waals surface area contributed by atoms with Crippen LogP contribution in [0.25, 0.3) is 0 Å². The van der Waals surface area contributed by atoms with Crippen LogP contribution in [0.5, 0.6) is 0 Å². The maximum Gasteiger partial charge on any atom is 0.332 e. The summed E-state index contributed by atoms with van der Waals surface area (Å²) < 4.78 is 4.94. The van der Waals surface area contributed by atoms with Gasteiger partial charge in [0.05, 0.1) is 0 Å². The second-order valence-corrected chi connectivity index (χ2v) is 2.98. The molecule has 0 aliphatic carbocycles. The van der Waals surface area contributed by atoms with Crippen LogP contribution in [0.15, 0.2) is 42.1 Å². The Morgan fingerprint density at radius 2 is 2.07 bits per heavy atom. The van der Waals surface area contributed by atoms with Gasteiger partial charge in [-0.1, -0.05) is 30.3 Å². The van der Waals surface area contributed by atoms with Crippen LogP contribution in [-0.4, -0.2) is 5.97 Å². The number of carbonyl (C=O) groups is 1. The van der Waals surface area contributed by atoms with Crippen LogP contribution >= 0.6 is 0 Å². The lowest BCUT2D eigenvalue weighted by atomic mass is 10.2. The van der Waals surface area contributed by atoms with Crippen molar-refractivity contribution >= 4 is 5.97 Å². The summed E-state index contributed by atoms with van der Waals surface area (Å²) in [7, 11) is 0. The van der Waals surface area contributed by atoms with Crippen LogP contribution < -0.4 is 5.73 Å². The minimum absolute atomic E-state index is 0.281. The minimum Gasteiger partial charge on any atom is -0.458 e. The van der Waals surface area contributed by atoms with Crippen molar-refractivity contribution in [2.45, 2.75) is 13.5 Å². The third-order valence-corrected chi connectivity index (χ3v) is 1.57. The second-order valence-electron chi connectivity index (χ2n) is 2.98. The van der Waals surface area contributed by atoms with Gasteiger partial charge in [-0.05, 0) is 12.5 Å². The van der Waals surface area contributed by atoms with E-state index in [1.807, 2.05) is 30.3 Å². The predicted octanol–water partition coefficient (Wildman–Crippen LogP) is 1.59. The second kappa shape index (κ2) is 5.07. The molecule has 0 aromatic heterocycles. The molecule has 0 saturated heterocycles. The minimum atomic E-state index is -0.408.